The SMILES string of the molecule is CC(=O)O.CC(C)(C)C(=O)O.CCCC(=O)O. The highest BCUT2D eigenvalue weighted by Gasteiger charge is 2.18. The maximum absolute atomic E-state index is 10.0. The molecule has 0 spiro atoms. The molecule has 0 aromatic carbocycles. The van der Waals surface area contributed by atoms with Gasteiger partial charge in [-0.05, 0) is 27.2 Å². The molecule has 0 rings (SSSR count). The Morgan fingerprint density at radius 1 is 1.00 bits per heavy atom. The molecule has 0 heterocycles. The molecule has 0 aliphatic heterocycles. The first-order valence-electron chi connectivity index (χ1n) is 5.09. The first-order valence-corrected chi connectivity index (χ1v) is 5.09. The molecule has 0 saturated heterocycles. The molecule has 0 aromatic rings. The zero-order valence-corrected chi connectivity index (χ0v) is 11.0. The Labute approximate surface area is 101 Å². The molecule has 0 bridgehead atoms. The van der Waals surface area contributed by atoms with Crippen molar-refractivity contribution in [3.63, 3.8) is 0 Å². The van der Waals surface area contributed by atoms with Gasteiger partial charge in [-0.3, -0.25) is 14.4 Å². The normalized spacial score (nSPS) is 9.00. The zero-order valence-electron chi connectivity index (χ0n) is 11.0. The topological polar surface area (TPSA) is 112 Å². The average molecular weight is 250 g/mol. The number of hydrogen-bond acceptors (Lipinski definition) is 3. The number of rotatable bonds is 2. The van der Waals surface area contributed by atoms with Crippen molar-refractivity contribution in [3.8, 4) is 0 Å². The van der Waals surface area contributed by atoms with Crippen molar-refractivity contribution in [2.24, 2.45) is 5.41 Å². The van der Waals surface area contributed by atoms with Crippen molar-refractivity contribution in [1.82, 2.24) is 0 Å². The van der Waals surface area contributed by atoms with Gasteiger partial charge in [0.15, 0.2) is 0 Å². The Hall–Kier alpha value is -1.59. The first-order chi connectivity index (χ1) is 7.45. The van der Waals surface area contributed by atoms with E-state index in [4.69, 9.17) is 20.1 Å². The van der Waals surface area contributed by atoms with Crippen LogP contribution in [-0.4, -0.2) is 33.2 Å². The number of carboxylic acids is 3. The molecule has 17 heavy (non-hydrogen) atoms. The lowest BCUT2D eigenvalue weighted by Gasteiger charge is -2.08. The molecule has 6 nitrogen and oxygen atoms in total. The molecular weight excluding hydrogens is 228 g/mol. The van der Waals surface area contributed by atoms with Gasteiger partial charge in [-0.1, -0.05) is 6.92 Å². The Morgan fingerprint density at radius 3 is 1.24 bits per heavy atom. The van der Waals surface area contributed by atoms with E-state index in [-0.39, 0.29) is 0 Å². The van der Waals surface area contributed by atoms with Gasteiger partial charge in [0.1, 0.15) is 0 Å². The molecule has 0 fully saturated rings. The van der Waals surface area contributed by atoms with E-state index in [9.17, 15) is 9.59 Å². The summed E-state index contributed by atoms with van der Waals surface area (Å²) < 4.78 is 0. The third kappa shape index (κ3) is 40.4. The van der Waals surface area contributed by atoms with Crippen LogP contribution in [0, 0.1) is 5.41 Å². The standard InChI is InChI=1S/C5H10O2.C4H8O2.C2H4O2/c1-5(2,3)4(6)7;1-2-3-4(5)6;1-2(3)4/h1-3H3,(H,6,7);2-3H2,1H3,(H,5,6);1H3,(H,3,4). The molecule has 0 aliphatic rings. The highest BCUT2D eigenvalue weighted by atomic mass is 16.4. The quantitative estimate of drug-likeness (QED) is 0.691. The molecule has 0 aromatic heterocycles. The first kappa shape index (κ1) is 20.8. The number of carboxylic acid groups (broad SMARTS) is 3. The molecular formula is C11H22O6. The van der Waals surface area contributed by atoms with Crippen molar-refractivity contribution in [2.45, 2.75) is 47.5 Å². The molecule has 102 valence electrons. The van der Waals surface area contributed by atoms with Gasteiger partial charge < -0.3 is 15.3 Å². The highest BCUT2D eigenvalue weighted by molar-refractivity contribution is 5.72. The average Bonchev–Trinajstić information content (AvgIpc) is 2.01. The van der Waals surface area contributed by atoms with E-state index in [1.54, 1.807) is 20.8 Å². The molecule has 0 amide bonds. The van der Waals surface area contributed by atoms with Crippen LogP contribution in [0.2, 0.25) is 0 Å². The zero-order chi connectivity index (χ0) is 14.6. The Kier molecular flexibility index (Phi) is 13.3. The highest BCUT2D eigenvalue weighted by Crippen LogP contribution is 2.11. The van der Waals surface area contributed by atoms with Crippen molar-refractivity contribution >= 4 is 17.9 Å². The molecule has 0 atom stereocenters. The fourth-order valence-electron chi connectivity index (χ4n) is 0.214. The van der Waals surface area contributed by atoms with E-state index in [1.165, 1.54) is 0 Å². The van der Waals surface area contributed by atoms with Crippen LogP contribution in [0.1, 0.15) is 47.5 Å². The molecule has 3 N–H and O–H groups in total. The summed E-state index contributed by atoms with van der Waals surface area (Å²) in [6.45, 7) is 7.91. The number of carbonyl (C=O) groups is 3. The van der Waals surface area contributed by atoms with Crippen LogP contribution in [0.25, 0.3) is 0 Å². The van der Waals surface area contributed by atoms with Crippen LogP contribution < -0.4 is 0 Å². The summed E-state index contributed by atoms with van der Waals surface area (Å²) in [6.07, 6.45) is 1.02. The van der Waals surface area contributed by atoms with E-state index in [0.717, 1.165) is 13.3 Å². The molecule has 0 aliphatic carbocycles. The van der Waals surface area contributed by atoms with Gasteiger partial charge in [-0.2, -0.15) is 0 Å². The predicted octanol–water partition coefficient (Wildman–Crippen LogP) is 2.08. The van der Waals surface area contributed by atoms with Crippen LogP contribution in [0.15, 0.2) is 0 Å². The second-order valence-corrected chi connectivity index (χ2v) is 4.22. The van der Waals surface area contributed by atoms with E-state index < -0.39 is 23.3 Å². The predicted molar refractivity (Wildman–Crippen MR) is 62.9 cm³/mol. The van der Waals surface area contributed by atoms with Crippen LogP contribution in [0.4, 0.5) is 0 Å². The minimum atomic E-state index is -0.833. The number of hydrogen-bond donors (Lipinski definition) is 3. The second kappa shape index (κ2) is 10.9. The third-order valence-electron chi connectivity index (χ3n) is 1.11. The summed E-state index contributed by atoms with van der Waals surface area (Å²) >= 11 is 0. The van der Waals surface area contributed by atoms with Crippen molar-refractivity contribution in [2.75, 3.05) is 0 Å². The van der Waals surface area contributed by atoms with E-state index in [0.29, 0.717) is 6.42 Å². The fraction of sp³-hybridized carbons (Fsp3) is 0.727. The Bertz CT molecular complexity index is 235. The summed E-state index contributed by atoms with van der Waals surface area (Å²) in [4.78, 5) is 28.6. The monoisotopic (exact) mass is 250 g/mol. The summed E-state index contributed by atoms with van der Waals surface area (Å²) in [6, 6.07) is 0. The van der Waals surface area contributed by atoms with Crippen LogP contribution in [0.5, 0.6) is 0 Å². The lowest BCUT2D eigenvalue weighted by atomic mass is 9.98. The Balaban J connectivity index is -0.000000180. The van der Waals surface area contributed by atoms with E-state index in [1.807, 2.05) is 6.92 Å². The van der Waals surface area contributed by atoms with Crippen LogP contribution in [-0.2, 0) is 14.4 Å². The van der Waals surface area contributed by atoms with Gasteiger partial charge in [0, 0.05) is 13.3 Å². The van der Waals surface area contributed by atoms with E-state index >= 15 is 0 Å². The van der Waals surface area contributed by atoms with Gasteiger partial charge in [0.05, 0.1) is 5.41 Å². The maximum atomic E-state index is 10.0. The van der Waals surface area contributed by atoms with Gasteiger partial charge in [-0.15, -0.1) is 0 Å². The summed E-state index contributed by atoms with van der Waals surface area (Å²) in [5, 5.41) is 23.6. The largest absolute Gasteiger partial charge is 0.481 e. The summed E-state index contributed by atoms with van der Waals surface area (Å²) in [7, 11) is 0. The minimum absolute atomic E-state index is 0.292. The van der Waals surface area contributed by atoms with Gasteiger partial charge >= 0.3 is 11.9 Å². The lowest BCUT2D eigenvalue weighted by Crippen LogP contribution is -2.18. The van der Waals surface area contributed by atoms with E-state index in [2.05, 4.69) is 0 Å². The summed E-state index contributed by atoms with van der Waals surface area (Å²) in [5.74, 6) is -2.30. The van der Waals surface area contributed by atoms with Gasteiger partial charge in [0.25, 0.3) is 5.97 Å². The second-order valence-electron chi connectivity index (χ2n) is 4.22. The van der Waals surface area contributed by atoms with Gasteiger partial charge in [0.2, 0.25) is 0 Å². The minimum Gasteiger partial charge on any atom is -0.481 e. The number of aliphatic carboxylic acids is 3. The third-order valence-corrected chi connectivity index (χ3v) is 1.11. The molecule has 0 unspecified atom stereocenters. The van der Waals surface area contributed by atoms with Gasteiger partial charge in [-0.25, -0.2) is 0 Å². The molecule has 0 saturated carbocycles. The fourth-order valence-corrected chi connectivity index (χ4v) is 0.214. The van der Waals surface area contributed by atoms with Crippen molar-refractivity contribution in [1.29, 1.82) is 0 Å². The maximum Gasteiger partial charge on any atom is 0.308 e. The summed E-state index contributed by atoms with van der Waals surface area (Å²) in [5.41, 5.74) is -0.583. The van der Waals surface area contributed by atoms with Crippen LogP contribution >= 0.6 is 0 Å². The smallest absolute Gasteiger partial charge is 0.308 e. The lowest BCUT2D eigenvalue weighted by molar-refractivity contribution is -0.146. The van der Waals surface area contributed by atoms with Crippen molar-refractivity contribution < 1.29 is 29.7 Å². The van der Waals surface area contributed by atoms with Crippen molar-refractivity contribution in [3.05, 3.63) is 0 Å². The van der Waals surface area contributed by atoms with Crippen LogP contribution in [0.3, 0.4) is 0 Å². The molecule has 6 heteroatoms. The Morgan fingerprint density at radius 2 is 1.24 bits per heavy atom. The molecule has 0 radical (unpaired) electrons.